The molecular weight excluding hydrogens is 424 g/mol. The van der Waals surface area contributed by atoms with E-state index < -0.39 is 45.0 Å². The Morgan fingerprint density at radius 1 is 0.968 bits per heavy atom. The van der Waals surface area contributed by atoms with Crippen LogP contribution in [0.3, 0.4) is 0 Å². The van der Waals surface area contributed by atoms with Crippen LogP contribution in [0.4, 0.5) is 0 Å². The fraction of sp³-hybridized carbons (Fsp3) is 0.591. The monoisotopic (exact) mass is 454 g/mol. The molecule has 0 amide bonds. The van der Waals surface area contributed by atoms with Gasteiger partial charge in [0.1, 0.15) is 0 Å². The highest BCUT2D eigenvalue weighted by molar-refractivity contribution is 7.91. The molecule has 31 heavy (non-hydrogen) atoms. The molecule has 0 radical (unpaired) electrons. The summed E-state index contributed by atoms with van der Waals surface area (Å²) in [5, 5.41) is 0. The standard InChI is InChI=1S/C22H30O8S/c1-5-29-20(24)22(21(25)30-6-2)12-16(11-19(23)28-4)17(13-22)14-31(26,27)18-9-7-15(3)8-10-18/h7-10,16-17H,5-6,11-14H2,1-4H3/t16-,17-/m1/s1. The van der Waals surface area contributed by atoms with E-state index >= 15 is 0 Å². The lowest BCUT2D eigenvalue weighted by Gasteiger charge is -2.24. The van der Waals surface area contributed by atoms with E-state index in [-0.39, 0.29) is 43.1 Å². The second kappa shape index (κ2) is 10.3. The summed E-state index contributed by atoms with van der Waals surface area (Å²) in [5.41, 5.74) is -0.718. The third-order valence-corrected chi connectivity index (χ3v) is 7.55. The van der Waals surface area contributed by atoms with Crippen LogP contribution in [-0.2, 0) is 38.4 Å². The van der Waals surface area contributed by atoms with Gasteiger partial charge in [-0.1, -0.05) is 17.7 Å². The third-order valence-electron chi connectivity index (χ3n) is 5.69. The predicted molar refractivity (Wildman–Crippen MR) is 112 cm³/mol. The van der Waals surface area contributed by atoms with Gasteiger partial charge in [0.15, 0.2) is 15.3 Å². The van der Waals surface area contributed by atoms with Gasteiger partial charge in [-0.05, 0) is 57.6 Å². The van der Waals surface area contributed by atoms with Crippen molar-refractivity contribution in [1.82, 2.24) is 0 Å². The molecule has 0 unspecified atom stereocenters. The Balaban J connectivity index is 2.41. The number of carbonyl (C=O) groups is 3. The molecule has 1 aliphatic carbocycles. The van der Waals surface area contributed by atoms with Crippen LogP contribution >= 0.6 is 0 Å². The van der Waals surface area contributed by atoms with E-state index in [1.165, 1.54) is 19.2 Å². The molecule has 0 saturated heterocycles. The van der Waals surface area contributed by atoms with Crippen molar-refractivity contribution in [2.24, 2.45) is 17.3 Å². The van der Waals surface area contributed by atoms with Gasteiger partial charge in [-0.3, -0.25) is 14.4 Å². The van der Waals surface area contributed by atoms with Crippen molar-refractivity contribution in [3.05, 3.63) is 29.8 Å². The molecule has 2 atom stereocenters. The van der Waals surface area contributed by atoms with Crippen molar-refractivity contribution in [2.45, 2.75) is 44.9 Å². The lowest BCUT2D eigenvalue weighted by molar-refractivity contribution is -0.172. The second-order valence-corrected chi connectivity index (χ2v) is 9.86. The van der Waals surface area contributed by atoms with E-state index in [4.69, 9.17) is 14.2 Å². The Morgan fingerprint density at radius 3 is 1.97 bits per heavy atom. The van der Waals surface area contributed by atoms with Crippen LogP contribution in [0.15, 0.2) is 29.2 Å². The van der Waals surface area contributed by atoms with Gasteiger partial charge in [0.2, 0.25) is 0 Å². The van der Waals surface area contributed by atoms with E-state index in [0.717, 1.165) is 5.56 Å². The molecule has 0 aromatic heterocycles. The zero-order valence-corrected chi connectivity index (χ0v) is 19.2. The van der Waals surface area contributed by atoms with Crippen LogP contribution in [0.2, 0.25) is 0 Å². The van der Waals surface area contributed by atoms with E-state index in [1.807, 2.05) is 6.92 Å². The second-order valence-electron chi connectivity index (χ2n) is 7.83. The smallest absolute Gasteiger partial charge is 0.323 e. The Morgan fingerprint density at radius 2 is 1.48 bits per heavy atom. The number of rotatable bonds is 9. The van der Waals surface area contributed by atoms with Gasteiger partial charge in [-0.15, -0.1) is 0 Å². The maximum atomic E-state index is 13.1. The van der Waals surface area contributed by atoms with E-state index in [1.54, 1.807) is 26.0 Å². The van der Waals surface area contributed by atoms with Gasteiger partial charge in [-0.2, -0.15) is 0 Å². The number of hydrogen-bond donors (Lipinski definition) is 0. The quantitative estimate of drug-likeness (QED) is 0.318. The van der Waals surface area contributed by atoms with E-state index in [2.05, 4.69) is 0 Å². The summed E-state index contributed by atoms with van der Waals surface area (Å²) < 4.78 is 41.2. The molecule has 9 heteroatoms. The Hall–Kier alpha value is -2.42. The zero-order valence-electron chi connectivity index (χ0n) is 18.4. The molecular formula is C22H30O8S. The molecule has 1 aliphatic rings. The maximum Gasteiger partial charge on any atom is 0.323 e. The lowest BCUT2D eigenvalue weighted by atomic mass is 9.84. The predicted octanol–water partition coefficient (Wildman–Crippen LogP) is 2.47. The first-order valence-electron chi connectivity index (χ1n) is 10.3. The zero-order chi connectivity index (χ0) is 23.2. The summed E-state index contributed by atoms with van der Waals surface area (Å²) in [4.78, 5) is 37.8. The summed E-state index contributed by atoms with van der Waals surface area (Å²) in [6.45, 7) is 5.22. The largest absolute Gasteiger partial charge is 0.469 e. The van der Waals surface area contributed by atoms with Crippen LogP contribution < -0.4 is 0 Å². The topological polar surface area (TPSA) is 113 Å². The fourth-order valence-corrected chi connectivity index (χ4v) is 5.82. The minimum atomic E-state index is -3.72. The Bertz CT molecular complexity index is 886. The number of benzene rings is 1. The number of methoxy groups -OCH3 is 1. The van der Waals surface area contributed by atoms with Crippen LogP contribution in [0.5, 0.6) is 0 Å². The first kappa shape index (κ1) is 24.8. The molecule has 0 aliphatic heterocycles. The van der Waals surface area contributed by atoms with Crippen molar-refractivity contribution < 1.29 is 37.0 Å². The molecule has 8 nitrogen and oxygen atoms in total. The summed E-state index contributed by atoms with van der Waals surface area (Å²) in [7, 11) is -2.48. The molecule has 0 heterocycles. The summed E-state index contributed by atoms with van der Waals surface area (Å²) in [6.07, 6.45) is -0.212. The van der Waals surface area contributed by atoms with Gasteiger partial charge < -0.3 is 14.2 Å². The number of sulfone groups is 1. The van der Waals surface area contributed by atoms with Crippen molar-refractivity contribution >= 4 is 27.7 Å². The molecule has 172 valence electrons. The number of esters is 3. The highest BCUT2D eigenvalue weighted by Crippen LogP contribution is 2.49. The first-order valence-corrected chi connectivity index (χ1v) is 12.0. The number of ether oxygens (including phenoxy) is 3. The highest BCUT2D eigenvalue weighted by atomic mass is 32.2. The Kier molecular flexibility index (Phi) is 8.22. The van der Waals surface area contributed by atoms with Gasteiger partial charge in [-0.25, -0.2) is 8.42 Å². The number of hydrogen-bond acceptors (Lipinski definition) is 8. The maximum absolute atomic E-state index is 13.1. The van der Waals surface area contributed by atoms with Crippen LogP contribution in [0, 0.1) is 24.2 Å². The van der Waals surface area contributed by atoms with Crippen molar-refractivity contribution in [1.29, 1.82) is 0 Å². The molecule has 0 bridgehead atoms. The van der Waals surface area contributed by atoms with E-state index in [9.17, 15) is 22.8 Å². The van der Waals surface area contributed by atoms with Gasteiger partial charge in [0, 0.05) is 6.42 Å². The third kappa shape index (κ3) is 5.64. The summed E-state index contributed by atoms with van der Waals surface area (Å²) >= 11 is 0. The molecule has 0 N–H and O–H groups in total. The van der Waals surface area contributed by atoms with Crippen LogP contribution in [-0.4, -0.2) is 52.4 Å². The minimum Gasteiger partial charge on any atom is -0.469 e. The van der Waals surface area contributed by atoms with Gasteiger partial charge in [0.25, 0.3) is 0 Å². The van der Waals surface area contributed by atoms with E-state index in [0.29, 0.717) is 0 Å². The lowest BCUT2D eigenvalue weighted by Crippen LogP contribution is -2.40. The average molecular weight is 455 g/mol. The Labute approximate surface area is 183 Å². The molecule has 1 saturated carbocycles. The average Bonchev–Trinajstić information content (AvgIpc) is 3.07. The van der Waals surface area contributed by atoms with Crippen molar-refractivity contribution in [2.75, 3.05) is 26.1 Å². The van der Waals surface area contributed by atoms with Crippen molar-refractivity contribution in [3.63, 3.8) is 0 Å². The van der Waals surface area contributed by atoms with Crippen molar-refractivity contribution in [3.8, 4) is 0 Å². The highest BCUT2D eigenvalue weighted by Gasteiger charge is 2.58. The summed E-state index contributed by atoms with van der Waals surface area (Å²) in [6, 6.07) is 6.46. The molecule has 1 aromatic carbocycles. The minimum absolute atomic E-state index is 0.0339. The van der Waals surface area contributed by atoms with Crippen LogP contribution in [0.25, 0.3) is 0 Å². The molecule has 1 fully saturated rings. The number of aryl methyl sites for hydroxylation is 1. The van der Waals surface area contributed by atoms with Gasteiger partial charge >= 0.3 is 17.9 Å². The van der Waals surface area contributed by atoms with Crippen LogP contribution in [0.1, 0.15) is 38.7 Å². The molecule has 0 spiro atoms. The van der Waals surface area contributed by atoms with Gasteiger partial charge in [0.05, 0.1) is 31.0 Å². The summed E-state index contributed by atoms with van der Waals surface area (Å²) in [5.74, 6) is -3.53. The SMILES string of the molecule is CCOC(=O)C1(C(=O)OCC)C[C@@H](CC(=O)OC)[C@@H](CS(=O)(=O)c2ccc(C)cc2)C1. The number of carbonyl (C=O) groups excluding carboxylic acids is 3. The first-order chi connectivity index (χ1) is 14.6. The fourth-order valence-electron chi connectivity index (χ4n) is 4.12. The molecule has 2 rings (SSSR count). The normalized spacial score (nSPS) is 20.1. The molecule has 1 aromatic rings.